The molecule has 1 fully saturated rings. The molecule has 1 aliphatic carbocycles. The molecule has 17 heavy (non-hydrogen) atoms. The van der Waals surface area contributed by atoms with Crippen LogP contribution in [0.1, 0.15) is 18.4 Å². The number of aryl methyl sites for hydroxylation is 1. The van der Waals surface area contributed by atoms with Crippen LogP contribution in [-0.2, 0) is 0 Å². The van der Waals surface area contributed by atoms with Gasteiger partial charge in [-0.1, -0.05) is 6.07 Å². The lowest BCUT2D eigenvalue weighted by atomic mass is 10.2. The molecule has 1 aromatic rings. The van der Waals surface area contributed by atoms with Crippen LogP contribution in [0.2, 0.25) is 0 Å². The zero-order valence-electron chi connectivity index (χ0n) is 10.7. The van der Waals surface area contributed by atoms with Crippen molar-refractivity contribution in [3.05, 3.63) is 23.8 Å². The maximum Gasteiger partial charge on any atom is 0.161 e. The van der Waals surface area contributed by atoms with Crippen LogP contribution in [0.25, 0.3) is 0 Å². The van der Waals surface area contributed by atoms with Crippen molar-refractivity contribution in [2.45, 2.75) is 19.8 Å². The van der Waals surface area contributed by atoms with Gasteiger partial charge in [-0.05, 0) is 49.9 Å². The van der Waals surface area contributed by atoms with E-state index in [1.54, 1.807) is 7.11 Å². The van der Waals surface area contributed by atoms with E-state index in [0.717, 1.165) is 30.5 Å². The SMILES string of the molecule is COc1cc(C)ccc1OCCNCC1CC1. The van der Waals surface area contributed by atoms with E-state index in [2.05, 4.69) is 5.32 Å². The molecule has 3 heteroatoms. The number of methoxy groups -OCH3 is 1. The highest BCUT2D eigenvalue weighted by molar-refractivity contribution is 5.42. The fourth-order valence-corrected chi connectivity index (χ4v) is 1.76. The van der Waals surface area contributed by atoms with Crippen molar-refractivity contribution in [3.8, 4) is 11.5 Å². The third kappa shape index (κ3) is 3.93. The fraction of sp³-hybridized carbons (Fsp3) is 0.571. The minimum atomic E-state index is 0.687. The lowest BCUT2D eigenvalue weighted by Gasteiger charge is -2.11. The summed E-state index contributed by atoms with van der Waals surface area (Å²) in [6.07, 6.45) is 2.78. The van der Waals surface area contributed by atoms with Crippen LogP contribution in [0.5, 0.6) is 11.5 Å². The second-order valence-corrected chi connectivity index (χ2v) is 4.65. The predicted molar refractivity (Wildman–Crippen MR) is 68.8 cm³/mol. The molecule has 0 aliphatic heterocycles. The van der Waals surface area contributed by atoms with E-state index in [-0.39, 0.29) is 0 Å². The van der Waals surface area contributed by atoms with Crippen LogP contribution >= 0.6 is 0 Å². The highest BCUT2D eigenvalue weighted by Crippen LogP contribution is 2.28. The van der Waals surface area contributed by atoms with E-state index in [0.29, 0.717) is 6.61 Å². The molecule has 0 aromatic heterocycles. The van der Waals surface area contributed by atoms with Crippen LogP contribution in [0.3, 0.4) is 0 Å². The Morgan fingerprint density at radius 1 is 1.29 bits per heavy atom. The monoisotopic (exact) mass is 235 g/mol. The minimum Gasteiger partial charge on any atom is -0.493 e. The Labute approximate surface area is 103 Å². The first-order valence-corrected chi connectivity index (χ1v) is 6.28. The van der Waals surface area contributed by atoms with Crippen molar-refractivity contribution < 1.29 is 9.47 Å². The Kier molecular flexibility index (Phi) is 4.26. The van der Waals surface area contributed by atoms with Crippen molar-refractivity contribution in [3.63, 3.8) is 0 Å². The number of ether oxygens (including phenoxy) is 2. The maximum atomic E-state index is 5.70. The average molecular weight is 235 g/mol. The minimum absolute atomic E-state index is 0.687. The molecular formula is C14H21NO2. The summed E-state index contributed by atoms with van der Waals surface area (Å²) in [5, 5.41) is 3.40. The third-order valence-electron chi connectivity index (χ3n) is 2.99. The van der Waals surface area contributed by atoms with E-state index in [4.69, 9.17) is 9.47 Å². The van der Waals surface area contributed by atoms with E-state index >= 15 is 0 Å². The maximum absolute atomic E-state index is 5.70. The number of hydrogen-bond acceptors (Lipinski definition) is 3. The van der Waals surface area contributed by atoms with Gasteiger partial charge < -0.3 is 14.8 Å². The Hall–Kier alpha value is -1.22. The second kappa shape index (κ2) is 5.92. The van der Waals surface area contributed by atoms with Crippen molar-refractivity contribution in [2.75, 3.05) is 26.8 Å². The van der Waals surface area contributed by atoms with Gasteiger partial charge in [-0.2, -0.15) is 0 Å². The van der Waals surface area contributed by atoms with E-state index < -0.39 is 0 Å². The quantitative estimate of drug-likeness (QED) is 0.736. The molecule has 0 bridgehead atoms. The molecule has 0 amide bonds. The molecule has 1 aliphatic rings. The van der Waals surface area contributed by atoms with Crippen LogP contribution < -0.4 is 14.8 Å². The molecule has 0 spiro atoms. The normalized spacial score (nSPS) is 14.7. The van der Waals surface area contributed by atoms with Gasteiger partial charge in [0.1, 0.15) is 6.61 Å². The Morgan fingerprint density at radius 2 is 2.12 bits per heavy atom. The summed E-state index contributed by atoms with van der Waals surface area (Å²) in [7, 11) is 1.67. The molecule has 0 atom stereocenters. The summed E-state index contributed by atoms with van der Waals surface area (Å²) in [4.78, 5) is 0. The summed E-state index contributed by atoms with van der Waals surface area (Å²) in [5.74, 6) is 2.56. The van der Waals surface area contributed by atoms with Gasteiger partial charge in [-0.15, -0.1) is 0 Å². The number of nitrogens with one attached hydrogen (secondary N) is 1. The molecule has 1 N–H and O–H groups in total. The molecule has 1 saturated carbocycles. The molecule has 0 saturated heterocycles. The summed E-state index contributed by atoms with van der Waals surface area (Å²) >= 11 is 0. The Bertz CT molecular complexity index is 361. The highest BCUT2D eigenvalue weighted by atomic mass is 16.5. The van der Waals surface area contributed by atoms with Crippen LogP contribution in [0.4, 0.5) is 0 Å². The smallest absolute Gasteiger partial charge is 0.161 e. The van der Waals surface area contributed by atoms with E-state index in [9.17, 15) is 0 Å². The zero-order chi connectivity index (χ0) is 12.1. The largest absolute Gasteiger partial charge is 0.493 e. The lowest BCUT2D eigenvalue weighted by molar-refractivity contribution is 0.291. The number of rotatable bonds is 7. The van der Waals surface area contributed by atoms with Gasteiger partial charge in [0.15, 0.2) is 11.5 Å². The van der Waals surface area contributed by atoms with E-state index in [1.807, 2.05) is 25.1 Å². The summed E-state index contributed by atoms with van der Waals surface area (Å²) in [6, 6.07) is 6.00. The second-order valence-electron chi connectivity index (χ2n) is 4.65. The Morgan fingerprint density at radius 3 is 2.82 bits per heavy atom. The van der Waals surface area contributed by atoms with Crippen LogP contribution in [-0.4, -0.2) is 26.8 Å². The summed E-state index contributed by atoms with van der Waals surface area (Å²) in [6.45, 7) is 4.76. The number of hydrogen-bond donors (Lipinski definition) is 1. The topological polar surface area (TPSA) is 30.5 Å². The molecule has 1 aromatic carbocycles. The molecule has 0 unspecified atom stereocenters. The van der Waals surface area contributed by atoms with Gasteiger partial charge in [-0.3, -0.25) is 0 Å². The first kappa shape index (κ1) is 12.2. The summed E-state index contributed by atoms with van der Waals surface area (Å²) < 4.78 is 11.0. The van der Waals surface area contributed by atoms with Crippen molar-refractivity contribution in [2.24, 2.45) is 5.92 Å². The molecule has 94 valence electrons. The third-order valence-corrected chi connectivity index (χ3v) is 2.99. The molecule has 3 nitrogen and oxygen atoms in total. The lowest BCUT2D eigenvalue weighted by Crippen LogP contribution is -2.23. The highest BCUT2D eigenvalue weighted by Gasteiger charge is 2.19. The first-order chi connectivity index (χ1) is 8.29. The van der Waals surface area contributed by atoms with Crippen LogP contribution in [0.15, 0.2) is 18.2 Å². The van der Waals surface area contributed by atoms with Gasteiger partial charge >= 0.3 is 0 Å². The van der Waals surface area contributed by atoms with E-state index in [1.165, 1.54) is 18.4 Å². The van der Waals surface area contributed by atoms with Gasteiger partial charge in [-0.25, -0.2) is 0 Å². The Balaban J connectivity index is 1.73. The fourth-order valence-electron chi connectivity index (χ4n) is 1.76. The van der Waals surface area contributed by atoms with Gasteiger partial charge in [0.2, 0.25) is 0 Å². The molecule has 0 radical (unpaired) electrons. The first-order valence-electron chi connectivity index (χ1n) is 6.28. The zero-order valence-corrected chi connectivity index (χ0v) is 10.7. The molecular weight excluding hydrogens is 214 g/mol. The molecule has 0 heterocycles. The van der Waals surface area contributed by atoms with Crippen molar-refractivity contribution >= 4 is 0 Å². The molecule has 2 rings (SSSR count). The van der Waals surface area contributed by atoms with Gasteiger partial charge in [0.05, 0.1) is 7.11 Å². The predicted octanol–water partition coefficient (Wildman–Crippen LogP) is 2.38. The van der Waals surface area contributed by atoms with Gasteiger partial charge in [0.25, 0.3) is 0 Å². The van der Waals surface area contributed by atoms with Crippen molar-refractivity contribution in [1.29, 1.82) is 0 Å². The standard InChI is InChI=1S/C14H21NO2/c1-11-3-6-13(14(9-11)16-2)17-8-7-15-10-12-4-5-12/h3,6,9,12,15H,4-5,7-8,10H2,1-2H3. The van der Waals surface area contributed by atoms with Crippen LogP contribution in [0, 0.1) is 12.8 Å². The van der Waals surface area contributed by atoms with Gasteiger partial charge in [0, 0.05) is 6.54 Å². The average Bonchev–Trinajstić information content (AvgIpc) is 3.14. The summed E-state index contributed by atoms with van der Waals surface area (Å²) in [5.41, 5.74) is 1.18. The van der Waals surface area contributed by atoms with Crippen molar-refractivity contribution in [1.82, 2.24) is 5.32 Å². The number of benzene rings is 1.